The zero-order valence-corrected chi connectivity index (χ0v) is 8.43. The van der Waals surface area contributed by atoms with Gasteiger partial charge in [-0.15, -0.1) is 0 Å². The van der Waals surface area contributed by atoms with Crippen molar-refractivity contribution in [1.82, 2.24) is 0 Å². The number of likely N-dealkylation sites (N-methyl/N-ethyl adjacent to an activating group) is 1. The molecule has 0 amide bonds. The van der Waals surface area contributed by atoms with Crippen LogP contribution in [0.15, 0.2) is 47.7 Å². The van der Waals surface area contributed by atoms with Gasteiger partial charge in [-0.2, -0.15) is 0 Å². The lowest BCUT2D eigenvalue weighted by Crippen LogP contribution is -2.36. The lowest BCUT2D eigenvalue weighted by atomic mass is 10.1. The Kier molecular flexibility index (Phi) is 2.46. The summed E-state index contributed by atoms with van der Waals surface area (Å²) in [6, 6.07) is 10.6. The predicted octanol–water partition coefficient (Wildman–Crippen LogP) is 2.19. The Hall–Kier alpha value is -1.41. The van der Waals surface area contributed by atoms with E-state index >= 15 is 0 Å². The van der Waals surface area contributed by atoms with Crippen LogP contribution in [-0.2, 0) is 6.42 Å². The first kappa shape index (κ1) is 9.16. The minimum Gasteiger partial charge on any atom is -0.256 e. The number of hydrogen-bond donors (Lipinski definition) is 0. The second kappa shape index (κ2) is 3.76. The molecule has 2 heteroatoms. The van der Waals surface area contributed by atoms with E-state index in [1.807, 2.05) is 12.5 Å². The summed E-state index contributed by atoms with van der Waals surface area (Å²) in [6.07, 6.45) is 7.05. The molecule has 0 aliphatic carbocycles. The average molecular weight is 187 g/mol. The summed E-state index contributed by atoms with van der Waals surface area (Å²) in [5, 5.41) is 0. The third-order valence-electron chi connectivity index (χ3n) is 2.55. The highest BCUT2D eigenvalue weighted by Gasteiger charge is 2.18. The van der Waals surface area contributed by atoms with Crippen molar-refractivity contribution in [1.29, 1.82) is 0 Å². The molecule has 1 atom stereocenters. The average Bonchev–Trinajstić information content (AvgIpc) is 2.65. The van der Waals surface area contributed by atoms with Crippen LogP contribution in [0.5, 0.6) is 0 Å². The largest absolute Gasteiger partial charge is 0.256 e. The number of benzene rings is 1. The molecule has 0 fully saturated rings. The molecule has 1 aliphatic heterocycles. The van der Waals surface area contributed by atoms with Gasteiger partial charge in [-0.25, -0.2) is 4.99 Å². The van der Waals surface area contributed by atoms with Crippen LogP contribution in [0.3, 0.4) is 0 Å². The first-order chi connectivity index (χ1) is 6.79. The van der Waals surface area contributed by atoms with Crippen LogP contribution in [0.4, 0.5) is 0 Å². The topological polar surface area (TPSA) is 12.4 Å². The van der Waals surface area contributed by atoms with Crippen LogP contribution in [-0.4, -0.2) is 24.4 Å². The van der Waals surface area contributed by atoms with Gasteiger partial charge < -0.3 is 0 Å². The van der Waals surface area contributed by atoms with Crippen LogP contribution in [0.25, 0.3) is 0 Å². The summed E-state index contributed by atoms with van der Waals surface area (Å²) in [5.41, 5.74) is 1.39. The fourth-order valence-corrected chi connectivity index (χ4v) is 1.57. The maximum absolute atomic E-state index is 4.12. The SMILES string of the molecule is C[N+]1(CCc2ccccc2)C=CN=C1. The molecule has 1 heterocycles. The van der Waals surface area contributed by atoms with Gasteiger partial charge in [0.1, 0.15) is 6.20 Å². The number of aliphatic imine (C=N–C) groups is 1. The molecule has 0 radical (unpaired) electrons. The summed E-state index contributed by atoms with van der Waals surface area (Å²) in [4.78, 5) is 4.12. The van der Waals surface area contributed by atoms with E-state index in [4.69, 9.17) is 0 Å². The molecule has 1 aromatic rings. The van der Waals surface area contributed by atoms with Crippen LogP contribution < -0.4 is 0 Å². The van der Waals surface area contributed by atoms with Crippen molar-refractivity contribution in [3.63, 3.8) is 0 Å². The molecule has 0 N–H and O–H groups in total. The molecule has 0 saturated carbocycles. The molecule has 0 aromatic heterocycles. The second-order valence-corrected chi connectivity index (χ2v) is 3.87. The molecule has 72 valence electrons. The lowest BCUT2D eigenvalue weighted by molar-refractivity contribution is -0.756. The maximum atomic E-state index is 4.12. The van der Waals surface area contributed by atoms with Gasteiger partial charge in [0.15, 0.2) is 6.34 Å². The molecule has 1 aliphatic rings. The fourth-order valence-electron chi connectivity index (χ4n) is 1.57. The Balaban J connectivity index is 1.95. The third-order valence-corrected chi connectivity index (χ3v) is 2.55. The smallest absolute Gasteiger partial charge is 0.194 e. The van der Waals surface area contributed by atoms with E-state index in [1.165, 1.54) is 5.56 Å². The molecular formula is C12H15N2+. The minimum atomic E-state index is 0.814. The van der Waals surface area contributed by atoms with Gasteiger partial charge in [0.25, 0.3) is 0 Å². The summed E-state index contributed by atoms with van der Waals surface area (Å²) in [7, 11) is 2.16. The van der Waals surface area contributed by atoms with Gasteiger partial charge in [0.05, 0.1) is 19.8 Å². The number of nitrogens with zero attached hydrogens (tertiary/aromatic N) is 2. The van der Waals surface area contributed by atoms with Crippen LogP contribution in [0.1, 0.15) is 5.56 Å². The summed E-state index contributed by atoms with van der Waals surface area (Å²) >= 11 is 0. The van der Waals surface area contributed by atoms with Crippen molar-refractivity contribution >= 4 is 6.34 Å². The van der Waals surface area contributed by atoms with E-state index in [2.05, 4.69) is 48.6 Å². The summed E-state index contributed by atoms with van der Waals surface area (Å²) < 4.78 is 0.814. The van der Waals surface area contributed by atoms with Crippen LogP contribution in [0.2, 0.25) is 0 Å². The Morgan fingerprint density at radius 2 is 2.00 bits per heavy atom. The molecule has 1 unspecified atom stereocenters. The number of rotatable bonds is 3. The Morgan fingerprint density at radius 3 is 2.64 bits per heavy atom. The molecule has 1 aromatic carbocycles. The Morgan fingerprint density at radius 1 is 1.21 bits per heavy atom. The van der Waals surface area contributed by atoms with Crippen molar-refractivity contribution in [2.24, 2.45) is 4.99 Å². The van der Waals surface area contributed by atoms with Gasteiger partial charge in [-0.05, 0) is 5.56 Å². The van der Waals surface area contributed by atoms with Crippen molar-refractivity contribution in [2.45, 2.75) is 6.42 Å². The maximum Gasteiger partial charge on any atom is 0.194 e. The van der Waals surface area contributed by atoms with Crippen molar-refractivity contribution in [2.75, 3.05) is 13.6 Å². The highest BCUT2D eigenvalue weighted by Crippen LogP contribution is 2.09. The van der Waals surface area contributed by atoms with E-state index in [0.717, 1.165) is 17.4 Å². The normalized spacial score (nSPS) is 24.4. The quantitative estimate of drug-likeness (QED) is 0.643. The highest BCUT2D eigenvalue weighted by molar-refractivity contribution is 5.50. The van der Waals surface area contributed by atoms with E-state index < -0.39 is 0 Å². The molecule has 0 bridgehead atoms. The van der Waals surface area contributed by atoms with E-state index in [0.29, 0.717) is 0 Å². The van der Waals surface area contributed by atoms with Gasteiger partial charge in [-0.3, -0.25) is 4.48 Å². The minimum absolute atomic E-state index is 0.814. The van der Waals surface area contributed by atoms with Crippen molar-refractivity contribution in [3.8, 4) is 0 Å². The molecule has 2 nitrogen and oxygen atoms in total. The first-order valence-corrected chi connectivity index (χ1v) is 4.89. The zero-order valence-electron chi connectivity index (χ0n) is 8.43. The first-order valence-electron chi connectivity index (χ1n) is 4.89. The van der Waals surface area contributed by atoms with Crippen molar-refractivity contribution < 1.29 is 4.48 Å². The van der Waals surface area contributed by atoms with Crippen molar-refractivity contribution in [3.05, 3.63) is 48.3 Å². The molecular weight excluding hydrogens is 172 g/mol. The number of hydrogen-bond acceptors (Lipinski definition) is 1. The fraction of sp³-hybridized carbons (Fsp3) is 0.250. The second-order valence-electron chi connectivity index (χ2n) is 3.87. The molecule has 0 saturated heterocycles. The lowest BCUT2D eigenvalue weighted by Gasteiger charge is -2.21. The zero-order chi connectivity index (χ0) is 9.86. The van der Waals surface area contributed by atoms with E-state index in [1.54, 1.807) is 0 Å². The summed E-state index contributed by atoms with van der Waals surface area (Å²) in [6.45, 7) is 1.07. The van der Waals surface area contributed by atoms with E-state index in [9.17, 15) is 0 Å². The Labute approximate surface area is 84.8 Å². The van der Waals surface area contributed by atoms with E-state index in [-0.39, 0.29) is 0 Å². The van der Waals surface area contributed by atoms with Gasteiger partial charge in [0, 0.05) is 6.42 Å². The van der Waals surface area contributed by atoms with Crippen LogP contribution in [0, 0.1) is 0 Å². The van der Waals surface area contributed by atoms with Crippen LogP contribution >= 0.6 is 0 Å². The third kappa shape index (κ3) is 2.09. The van der Waals surface area contributed by atoms with Gasteiger partial charge in [0.2, 0.25) is 0 Å². The molecule has 2 rings (SSSR count). The summed E-state index contributed by atoms with van der Waals surface area (Å²) in [5.74, 6) is 0. The Bertz CT molecular complexity index is 340. The highest BCUT2D eigenvalue weighted by atomic mass is 15.3. The monoisotopic (exact) mass is 187 g/mol. The van der Waals surface area contributed by atoms with Gasteiger partial charge in [-0.1, -0.05) is 30.3 Å². The molecule has 14 heavy (non-hydrogen) atoms. The van der Waals surface area contributed by atoms with Gasteiger partial charge >= 0.3 is 0 Å². The molecule has 0 spiro atoms. The standard InChI is InChI=1S/C12H15N2/c1-14(10-8-13-11-14)9-7-12-5-3-2-4-6-12/h2-6,8,10-11H,7,9H2,1H3/q+1. The predicted molar refractivity (Wildman–Crippen MR) is 58.8 cm³/mol. The number of quaternary nitrogens is 1.